The summed E-state index contributed by atoms with van der Waals surface area (Å²) in [4.78, 5) is -0.00205. The van der Waals surface area contributed by atoms with Crippen molar-refractivity contribution in [2.75, 3.05) is 5.73 Å². The van der Waals surface area contributed by atoms with Crippen molar-refractivity contribution >= 4 is 15.8 Å². The van der Waals surface area contributed by atoms with Crippen LogP contribution < -0.4 is 10.5 Å². The molecule has 0 aliphatic carbocycles. The maximum atomic E-state index is 12.2. The first-order valence-corrected chi connectivity index (χ1v) is 7.25. The van der Waals surface area contributed by atoms with Crippen LogP contribution in [0.25, 0.3) is 0 Å². The highest BCUT2D eigenvalue weighted by Gasteiger charge is 2.23. The van der Waals surface area contributed by atoms with E-state index in [2.05, 4.69) is 9.82 Å². The lowest BCUT2D eigenvalue weighted by molar-refractivity contribution is 0.567. The van der Waals surface area contributed by atoms with Crippen LogP contribution in [0.15, 0.2) is 41.4 Å². The fourth-order valence-electron chi connectivity index (χ4n) is 1.80. The van der Waals surface area contributed by atoms with E-state index in [0.29, 0.717) is 0 Å². The van der Waals surface area contributed by atoms with Gasteiger partial charge in [0.2, 0.25) is 10.0 Å². The van der Waals surface area contributed by atoms with Crippen LogP contribution in [0.1, 0.15) is 18.5 Å². The Morgan fingerprint density at radius 1 is 1.32 bits per heavy atom. The predicted molar refractivity (Wildman–Crippen MR) is 72.8 cm³/mol. The normalized spacial score (nSPS) is 13.4. The monoisotopic (exact) mass is 280 g/mol. The molecule has 0 spiro atoms. The van der Waals surface area contributed by atoms with Gasteiger partial charge >= 0.3 is 0 Å². The van der Waals surface area contributed by atoms with Gasteiger partial charge in [0.1, 0.15) is 4.90 Å². The molecule has 0 saturated heterocycles. The second-order valence-electron chi connectivity index (χ2n) is 4.31. The quantitative estimate of drug-likeness (QED) is 0.875. The second-order valence-corrected chi connectivity index (χ2v) is 5.99. The summed E-state index contributed by atoms with van der Waals surface area (Å²) >= 11 is 0. The van der Waals surface area contributed by atoms with Crippen LogP contribution in [0, 0.1) is 0 Å². The van der Waals surface area contributed by atoms with Gasteiger partial charge in [0.25, 0.3) is 0 Å². The Morgan fingerprint density at radius 3 is 2.47 bits per heavy atom. The summed E-state index contributed by atoms with van der Waals surface area (Å²) in [5, 5.41) is 3.83. The average molecular weight is 280 g/mol. The first kappa shape index (κ1) is 13.6. The largest absolute Gasteiger partial charge is 0.381 e. The fraction of sp³-hybridized carbons (Fsp3) is 0.250. The Morgan fingerprint density at radius 2 is 1.95 bits per heavy atom. The van der Waals surface area contributed by atoms with Gasteiger partial charge in [0.05, 0.1) is 0 Å². The molecular weight excluding hydrogens is 264 g/mol. The van der Waals surface area contributed by atoms with E-state index in [1.807, 2.05) is 30.3 Å². The molecule has 0 unspecified atom stereocenters. The Hall–Kier alpha value is -1.86. The molecule has 1 heterocycles. The van der Waals surface area contributed by atoms with Crippen LogP contribution in [0.2, 0.25) is 0 Å². The van der Waals surface area contributed by atoms with Crippen molar-refractivity contribution in [3.8, 4) is 0 Å². The highest BCUT2D eigenvalue weighted by atomic mass is 32.2. The van der Waals surface area contributed by atoms with Crippen LogP contribution in [0.3, 0.4) is 0 Å². The molecule has 1 aromatic heterocycles. The minimum Gasteiger partial charge on any atom is -0.381 e. The number of hydrogen-bond acceptors (Lipinski definition) is 4. The standard InChI is InChI=1S/C12H16N4O2S/c1-9(10-6-4-3-5-7-10)15-19(17,18)11-8-16(2)14-12(11)13/h3-9,15H,1-2H3,(H2,13,14)/t9-/m0/s1. The Kier molecular flexibility index (Phi) is 3.59. The highest BCUT2D eigenvalue weighted by Crippen LogP contribution is 2.19. The number of aryl methyl sites for hydroxylation is 1. The summed E-state index contributed by atoms with van der Waals surface area (Å²) in [5.74, 6) is -0.00439. The molecule has 1 aromatic carbocycles. The van der Waals surface area contributed by atoms with Gasteiger partial charge in [-0.3, -0.25) is 4.68 Å². The molecule has 0 aliphatic rings. The van der Waals surface area contributed by atoms with Crippen LogP contribution >= 0.6 is 0 Å². The maximum absolute atomic E-state index is 12.2. The Labute approximate surface area is 112 Å². The van der Waals surface area contributed by atoms with Crippen molar-refractivity contribution < 1.29 is 8.42 Å². The number of anilines is 1. The van der Waals surface area contributed by atoms with E-state index in [-0.39, 0.29) is 16.8 Å². The zero-order chi connectivity index (χ0) is 14.0. The van der Waals surface area contributed by atoms with E-state index >= 15 is 0 Å². The van der Waals surface area contributed by atoms with Gasteiger partial charge in [0.15, 0.2) is 5.82 Å². The number of hydrogen-bond donors (Lipinski definition) is 2. The number of sulfonamides is 1. The number of nitrogen functional groups attached to an aromatic ring is 1. The lowest BCUT2D eigenvalue weighted by Gasteiger charge is -2.13. The number of nitrogens with zero attached hydrogens (tertiary/aromatic N) is 2. The molecule has 1 atom stereocenters. The minimum absolute atomic E-state index is 0.00205. The molecule has 0 amide bonds. The Balaban J connectivity index is 2.25. The van der Waals surface area contributed by atoms with E-state index in [9.17, 15) is 8.42 Å². The molecule has 2 aromatic rings. The third-order valence-electron chi connectivity index (χ3n) is 2.74. The first-order valence-electron chi connectivity index (χ1n) is 5.76. The number of aromatic nitrogens is 2. The number of nitrogens with two attached hydrogens (primary N) is 1. The summed E-state index contributed by atoms with van der Waals surface area (Å²) in [6, 6.07) is 8.98. The van der Waals surface area contributed by atoms with Gasteiger partial charge < -0.3 is 5.73 Å². The van der Waals surface area contributed by atoms with Crippen LogP contribution in [0.4, 0.5) is 5.82 Å². The lowest BCUT2D eigenvalue weighted by atomic mass is 10.1. The number of nitrogens with one attached hydrogen (secondary N) is 1. The predicted octanol–water partition coefficient (Wildman–Crippen LogP) is 1.04. The molecule has 7 heteroatoms. The second kappa shape index (κ2) is 5.02. The van der Waals surface area contributed by atoms with E-state index in [1.54, 1.807) is 14.0 Å². The zero-order valence-corrected chi connectivity index (χ0v) is 11.6. The van der Waals surface area contributed by atoms with Crippen molar-refractivity contribution in [1.82, 2.24) is 14.5 Å². The molecule has 19 heavy (non-hydrogen) atoms. The third-order valence-corrected chi connectivity index (χ3v) is 4.30. The SMILES string of the molecule is C[C@H](NS(=O)(=O)c1cn(C)nc1N)c1ccccc1. The third kappa shape index (κ3) is 2.94. The van der Waals surface area contributed by atoms with Crippen molar-refractivity contribution in [1.29, 1.82) is 0 Å². The Bertz CT molecular complexity index is 664. The van der Waals surface area contributed by atoms with E-state index in [0.717, 1.165) is 5.56 Å². The molecule has 0 aliphatic heterocycles. The van der Waals surface area contributed by atoms with Crippen molar-refractivity contribution in [3.63, 3.8) is 0 Å². The highest BCUT2D eigenvalue weighted by molar-refractivity contribution is 7.89. The summed E-state index contributed by atoms with van der Waals surface area (Å²) in [7, 11) is -2.05. The van der Waals surface area contributed by atoms with E-state index in [1.165, 1.54) is 10.9 Å². The topological polar surface area (TPSA) is 90.0 Å². The van der Waals surface area contributed by atoms with Gasteiger partial charge in [-0.1, -0.05) is 30.3 Å². The molecule has 102 valence electrons. The summed E-state index contributed by atoms with van der Waals surface area (Å²) in [6.07, 6.45) is 1.38. The molecule has 0 radical (unpaired) electrons. The summed E-state index contributed by atoms with van der Waals surface area (Å²) in [6.45, 7) is 1.78. The molecule has 0 saturated carbocycles. The van der Waals surface area contributed by atoms with Gasteiger partial charge in [-0.2, -0.15) is 5.10 Å². The average Bonchev–Trinajstić information content (AvgIpc) is 2.70. The van der Waals surface area contributed by atoms with Gasteiger partial charge in [-0.25, -0.2) is 13.1 Å². The van der Waals surface area contributed by atoms with Crippen molar-refractivity contribution in [2.24, 2.45) is 7.05 Å². The van der Waals surface area contributed by atoms with E-state index < -0.39 is 10.0 Å². The molecule has 2 rings (SSSR count). The van der Waals surface area contributed by atoms with Gasteiger partial charge in [-0.05, 0) is 12.5 Å². The molecular formula is C12H16N4O2S. The first-order chi connectivity index (χ1) is 8.90. The maximum Gasteiger partial charge on any atom is 0.246 e. The lowest BCUT2D eigenvalue weighted by Crippen LogP contribution is -2.27. The zero-order valence-electron chi connectivity index (χ0n) is 10.7. The molecule has 0 fully saturated rings. The molecule has 6 nitrogen and oxygen atoms in total. The van der Waals surface area contributed by atoms with Gasteiger partial charge in [0, 0.05) is 19.3 Å². The van der Waals surface area contributed by atoms with Crippen molar-refractivity contribution in [2.45, 2.75) is 17.9 Å². The summed E-state index contributed by atoms with van der Waals surface area (Å²) in [5.41, 5.74) is 6.47. The molecule has 3 N–H and O–H groups in total. The number of benzene rings is 1. The van der Waals surface area contributed by atoms with Crippen LogP contribution in [-0.4, -0.2) is 18.2 Å². The van der Waals surface area contributed by atoms with E-state index in [4.69, 9.17) is 5.73 Å². The van der Waals surface area contributed by atoms with Crippen molar-refractivity contribution in [3.05, 3.63) is 42.1 Å². The number of rotatable bonds is 4. The summed E-state index contributed by atoms with van der Waals surface area (Å²) < 4.78 is 28.4. The van der Waals surface area contributed by atoms with Crippen LogP contribution in [-0.2, 0) is 17.1 Å². The smallest absolute Gasteiger partial charge is 0.246 e. The van der Waals surface area contributed by atoms with Crippen LogP contribution in [0.5, 0.6) is 0 Å². The minimum atomic E-state index is -3.68. The van der Waals surface area contributed by atoms with Gasteiger partial charge in [-0.15, -0.1) is 0 Å². The fourth-order valence-corrected chi connectivity index (χ4v) is 3.13. The molecule has 0 bridgehead atoms.